The second-order valence-electron chi connectivity index (χ2n) is 8.55. The van der Waals surface area contributed by atoms with Gasteiger partial charge in [0.1, 0.15) is 12.6 Å². The van der Waals surface area contributed by atoms with Crippen molar-refractivity contribution in [2.24, 2.45) is 0 Å². The minimum Gasteiger partial charge on any atom is -0.493 e. The van der Waals surface area contributed by atoms with Gasteiger partial charge in [0.05, 0.1) is 24.8 Å². The topological polar surface area (TPSA) is 105 Å². The third kappa shape index (κ3) is 7.01. The summed E-state index contributed by atoms with van der Waals surface area (Å²) in [6.07, 6.45) is 0.320. The summed E-state index contributed by atoms with van der Waals surface area (Å²) in [5.74, 6) is -0.219. The third-order valence-electron chi connectivity index (χ3n) is 6.16. The smallest absolute Gasteiger partial charge is 0.264 e. The summed E-state index contributed by atoms with van der Waals surface area (Å²) in [5.41, 5.74) is 0.933. The van der Waals surface area contributed by atoms with Crippen molar-refractivity contribution < 1.29 is 27.5 Å². The zero-order chi connectivity index (χ0) is 28.6. The first-order valence-corrected chi connectivity index (χ1v) is 14.0. The Morgan fingerprint density at radius 2 is 1.59 bits per heavy atom. The Bertz CT molecular complexity index is 1380. The first-order chi connectivity index (χ1) is 18.7. The van der Waals surface area contributed by atoms with E-state index in [4.69, 9.17) is 21.1 Å². The van der Waals surface area contributed by atoms with Crippen LogP contribution in [0.4, 0.5) is 5.69 Å². The van der Waals surface area contributed by atoms with E-state index in [1.165, 1.54) is 50.4 Å². The van der Waals surface area contributed by atoms with Gasteiger partial charge in [-0.3, -0.25) is 13.9 Å². The monoisotopic (exact) mass is 573 g/mol. The molecule has 3 rings (SSSR count). The predicted molar refractivity (Wildman–Crippen MR) is 151 cm³/mol. The molecular formula is C28H32ClN3O6S. The highest BCUT2D eigenvalue weighted by Gasteiger charge is 2.33. The van der Waals surface area contributed by atoms with Gasteiger partial charge in [-0.15, -0.1) is 0 Å². The van der Waals surface area contributed by atoms with E-state index in [2.05, 4.69) is 5.32 Å². The summed E-state index contributed by atoms with van der Waals surface area (Å²) in [4.78, 5) is 28.1. The van der Waals surface area contributed by atoms with Crippen LogP contribution < -0.4 is 19.1 Å². The maximum Gasteiger partial charge on any atom is 0.264 e. The lowest BCUT2D eigenvalue weighted by atomic mass is 10.1. The SMILES string of the molecule is CCC(C(=O)NC)N(Cc1ccc(Cl)cc1)C(=O)CN(c1ccc(OC)c(OC)c1)S(=O)(=O)c1ccccc1. The number of methoxy groups -OCH3 is 2. The average Bonchev–Trinajstić information content (AvgIpc) is 2.96. The van der Waals surface area contributed by atoms with Crippen molar-refractivity contribution in [3.8, 4) is 11.5 Å². The van der Waals surface area contributed by atoms with Gasteiger partial charge in [-0.1, -0.05) is 48.9 Å². The van der Waals surface area contributed by atoms with Crippen molar-refractivity contribution >= 4 is 39.1 Å². The van der Waals surface area contributed by atoms with Gasteiger partial charge in [0, 0.05) is 24.7 Å². The molecule has 0 aliphatic rings. The molecule has 0 bridgehead atoms. The molecule has 1 unspecified atom stereocenters. The second kappa shape index (κ2) is 13.3. The standard InChI is InChI=1S/C28H32ClN3O6S/c1-5-24(28(34)30-2)31(18-20-11-13-21(29)14-12-20)27(33)19-32(39(35,36)23-9-7-6-8-10-23)22-15-16-25(37-3)26(17-22)38-4/h6-17,24H,5,18-19H2,1-4H3,(H,30,34). The Hall–Kier alpha value is -3.76. The van der Waals surface area contributed by atoms with Crippen molar-refractivity contribution in [2.45, 2.75) is 30.8 Å². The van der Waals surface area contributed by atoms with E-state index in [1.54, 1.807) is 55.5 Å². The van der Waals surface area contributed by atoms with E-state index in [9.17, 15) is 18.0 Å². The Labute approximate surface area is 234 Å². The number of benzene rings is 3. The van der Waals surface area contributed by atoms with Crippen LogP contribution in [0.2, 0.25) is 5.02 Å². The van der Waals surface area contributed by atoms with E-state index in [1.807, 2.05) is 0 Å². The lowest BCUT2D eigenvalue weighted by Crippen LogP contribution is -2.51. The van der Waals surface area contributed by atoms with Crippen LogP contribution in [0.1, 0.15) is 18.9 Å². The number of nitrogens with one attached hydrogen (secondary N) is 1. The first-order valence-electron chi connectivity index (χ1n) is 12.2. The fraction of sp³-hybridized carbons (Fsp3) is 0.286. The fourth-order valence-electron chi connectivity index (χ4n) is 4.10. The van der Waals surface area contributed by atoms with Gasteiger partial charge >= 0.3 is 0 Å². The molecule has 1 atom stereocenters. The number of likely N-dealkylation sites (N-methyl/N-ethyl adjacent to an activating group) is 1. The summed E-state index contributed by atoms with van der Waals surface area (Å²) < 4.78 is 39.4. The second-order valence-corrected chi connectivity index (χ2v) is 10.8. The molecule has 39 heavy (non-hydrogen) atoms. The number of anilines is 1. The number of carbonyl (C=O) groups excluding carboxylic acids is 2. The Kier molecular flexibility index (Phi) is 10.2. The molecule has 0 heterocycles. The van der Waals surface area contributed by atoms with Crippen LogP contribution in [0, 0.1) is 0 Å². The highest BCUT2D eigenvalue weighted by Crippen LogP contribution is 2.34. The molecule has 2 amide bonds. The molecule has 0 fully saturated rings. The number of carbonyl (C=O) groups is 2. The Morgan fingerprint density at radius 1 is 0.949 bits per heavy atom. The number of ether oxygens (including phenoxy) is 2. The van der Waals surface area contributed by atoms with E-state index in [0.29, 0.717) is 22.9 Å². The average molecular weight is 574 g/mol. The number of halogens is 1. The van der Waals surface area contributed by atoms with Crippen LogP contribution in [-0.4, -0.2) is 59.0 Å². The number of amides is 2. The minimum absolute atomic E-state index is 0.00942. The molecule has 0 aliphatic carbocycles. The highest BCUT2D eigenvalue weighted by molar-refractivity contribution is 7.92. The number of hydrogen-bond donors (Lipinski definition) is 1. The number of nitrogens with zero attached hydrogens (tertiary/aromatic N) is 2. The lowest BCUT2D eigenvalue weighted by molar-refractivity contribution is -0.140. The summed E-state index contributed by atoms with van der Waals surface area (Å²) in [5, 5.41) is 3.13. The summed E-state index contributed by atoms with van der Waals surface area (Å²) in [7, 11) is 0.206. The zero-order valence-electron chi connectivity index (χ0n) is 22.3. The molecule has 0 aromatic heterocycles. The molecule has 3 aromatic carbocycles. The number of rotatable bonds is 12. The van der Waals surface area contributed by atoms with Gasteiger partial charge in [0.2, 0.25) is 11.8 Å². The molecule has 0 saturated heterocycles. The maximum absolute atomic E-state index is 13.9. The maximum atomic E-state index is 13.9. The quantitative estimate of drug-likeness (QED) is 0.350. The van der Waals surface area contributed by atoms with Crippen molar-refractivity contribution in [3.05, 3.63) is 83.4 Å². The zero-order valence-corrected chi connectivity index (χ0v) is 23.8. The largest absolute Gasteiger partial charge is 0.493 e. The van der Waals surface area contributed by atoms with Crippen LogP contribution in [0.15, 0.2) is 77.7 Å². The van der Waals surface area contributed by atoms with E-state index in [0.717, 1.165) is 9.87 Å². The molecule has 1 N–H and O–H groups in total. The van der Waals surface area contributed by atoms with Gasteiger partial charge in [0.15, 0.2) is 11.5 Å². The first kappa shape index (κ1) is 29.8. The molecule has 9 nitrogen and oxygen atoms in total. The van der Waals surface area contributed by atoms with Crippen LogP contribution in [0.5, 0.6) is 11.5 Å². The Balaban J connectivity index is 2.10. The van der Waals surface area contributed by atoms with Gasteiger partial charge in [-0.05, 0) is 48.4 Å². The van der Waals surface area contributed by atoms with E-state index in [-0.39, 0.29) is 23.0 Å². The summed E-state index contributed by atoms with van der Waals surface area (Å²) in [6.45, 7) is 1.30. The summed E-state index contributed by atoms with van der Waals surface area (Å²) >= 11 is 6.03. The predicted octanol–water partition coefficient (Wildman–Crippen LogP) is 4.11. The third-order valence-corrected chi connectivity index (χ3v) is 8.20. The summed E-state index contributed by atoms with van der Waals surface area (Å²) in [6, 6.07) is 18.5. The lowest BCUT2D eigenvalue weighted by Gasteiger charge is -2.33. The molecule has 11 heteroatoms. The molecular weight excluding hydrogens is 542 g/mol. The van der Waals surface area contributed by atoms with Crippen molar-refractivity contribution in [3.63, 3.8) is 0 Å². The van der Waals surface area contributed by atoms with Crippen molar-refractivity contribution in [2.75, 3.05) is 32.1 Å². The molecule has 0 radical (unpaired) electrons. The van der Waals surface area contributed by atoms with Gasteiger partial charge in [-0.2, -0.15) is 0 Å². The van der Waals surface area contributed by atoms with E-state index >= 15 is 0 Å². The molecule has 3 aromatic rings. The Morgan fingerprint density at radius 3 is 2.15 bits per heavy atom. The normalized spacial score (nSPS) is 11.8. The molecule has 208 valence electrons. The van der Waals surface area contributed by atoms with Gasteiger partial charge < -0.3 is 19.7 Å². The minimum atomic E-state index is -4.19. The van der Waals surface area contributed by atoms with Crippen LogP contribution in [-0.2, 0) is 26.2 Å². The molecule has 0 aliphatic heterocycles. The van der Waals surface area contributed by atoms with Crippen LogP contribution in [0.25, 0.3) is 0 Å². The van der Waals surface area contributed by atoms with Gasteiger partial charge in [-0.25, -0.2) is 8.42 Å². The van der Waals surface area contributed by atoms with Gasteiger partial charge in [0.25, 0.3) is 10.0 Å². The highest BCUT2D eigenvalue weighted by atomic mass is 35.5. The number of sulfonamides is 1. The molecule has 0 saturated carbocycles. The molecule has 0 spiro atoms. The van der Waals surface area contributed by atoms with Crippen molar-refractivity contribution in [1.29, 1.82) is 0 Å². The number of hydrogen-bond acceptors (Lipinski definition) is 6. The van der Waals surface area contributed by atoms with Crippen LogP contribution >= 0.6 is 11.6 Å². The van der Waals surface area contributed by atoms with Crippen molar-refractivity contribution in [1.82, 2.24) is 10.2 Å². The van der Waals surface area contributed by atoms with E-state index < -0.39 is 28.5 Å². The van der Waals surface area contributed by atoms with Crippen LogP contribution in [0.3, 0.4) is 0 Å². The fourth-order valence-corrected chi connectivity index (χ4v) is 5.65.